The Hall–Kier alpha value is -1.32. The second kappa shape index (κ2) is 5.58. The van der Waals surface area contributed by atoms with E-state index in [4.69, 9.17) is 0 Å². The van der Waals surface area contributed by atoms with Crippen molar-refractivity contribution in [2.45, 2.75) is 64.3 Å². The fourth-order valence-electron chi connectivity index (χ4n) is 3.43. The molecule has 1 aromatic heterocycles. The fraction of sp³-hybridized carbons (Fsp3) is 0.750. The average molecular weight is 275 g/mol. The van der Waals surface area contributed by atoms with E-state index in [0.717, 1.165) is 24.5 Å². The predicted molar refractivity (Wildman–Crippen MR) is 81.0 cm³/mol. The van der Waals surface area contributed by atoms with Crippen molar-refractivity contribution in [2.24, 2.45) is 11.8 Å². The van der Waals surface area contributed by atoms with Crippen LogP contribution in [0.3, 0.4) is 0 Å². The first-order chi connectivity index (χ1) is 9.63. The van der Waals surface area contributed by atoms with Crippen molar-refractivity contribution >= 4 is 5.82 Å². The van der Waals surface area contributed by atoms with Gasteiger partial charge in [-0.05, 0) is 37.5 Å². The lowest BCUT2D eigenvalue weighted by Crippen LogP contribution is -2.36. The van der Waals surface area contributed by atoms with E-state index in [2.05, 4.69) is 29.1 Å². The number of aromatic nitrogens is 2. The van der Waals surface area contributed by atoms with Gasteiger partial charge in [-0.15, -0.1) is 0 Å². The summed E-state index contributed by atoms with van der Waals surface area (Å²) in [5, 5.41) is 3.55. The Morgan fingerprint density at radius 1 is 1.25 bits per heavy atom. The standard InChI is InChI=1S/C16H25N3O/c1-10(2)12-5-3-4-6-13(12)17-14-9-15(20)19-16(18-14)11-7-8-11/h9-13H,3-8H2,1-2H3,(H2,17,18,19,20). The molecule has 4 nitrogen and oxygen atoms in total. The zero-order chi connectivity index (χ0) is 14.1. The molecule has 2 aliphatic carbocycles. The van der Waals surface area contributed by atoms with E-state index in [9.17, 15) is 4.79 Å². The molecule has 20 heavy (non-hydrogen) atoms. The first-order valence-electron chi connectivity index (χ1n) is 8.01. The molecule has 4 heteroatoms. The van der Waals surface area contributed by atoms with Crippen molar-refractivity contribution in [1.82, 2.24) is 9.97 Å². The third-order valence-electron chi connectivity index (χ3n) is 4.73. The highest BCUT2D eigenvalue weighted by molar-refractivity contribution is 5.35. The van der Waals surface area contributed by atoms with Gasteiger partial charge in [-0.3, -0.25) is 4.79 Å². The van der Waals surface area contributed by atoms with Gasteiger partial charge in [0.2, 0.25) is 0 Å². The number of nitrogens with one attached hydrogen (secondary N) is 2. The second-order valence-electron chi connectivity index (χ2n) is 6.73. The first kappa shape index (κ1) is 13.7. The lowest BCUT2D eigenvalue weighted by atomic mass is 9.78. The van der Waals surface area contributed by atoms with Gasteiger partial charge in [0.05, 0.1) is 0 Å². The van der Waals surface area contributed by atoms with Crippen LogP contribution < -0.4 is 10.9 Å². The molecular weight excluding hydrogens is 250 g/mol. The van der Waals surface area contributed by atoms with Gasteiger partial charge < -0.3 is 10.3 Å². The number of anilines is 1. The third kappa shape index (κ3) is 3.05. The van der Waals surface area contributed by atoms with Crippen LogP contribution in [0.15, 0.2) is 10.9 Å². The summed E-state index contributed by atoms with van der Waals surface area (Å²) in [4.78, 5) is 19.3. The Balaban J connectivity index is 1.77. The highest BCUT2D eigenvalue weighted by atomic mass is 16.1. The summed E-state index contributed by atoms with van der Waals surface area (Å²) in [6, 6.07) is 2.07. The molecule has 110 valence electrons. The first-order valence-corrected chi connectivity index (χ1v) is 8.01. The summed E-state index contributed by atoms with van der Waals surface area (Å²) in [5.74, 6) is 3.49. The fourth-order valence-corrected chi connectivity index (χ4v) is 3.43. The summed E-state index contributed by atoms with van der Waals surface area (Å²) in [5.41, 5.74) is -0.0266. The Kier molecular flexibility index (Phi) is 3.81. The van der Waals surface area contributed by atoms with E-state index in [1.165, 1.54) is 25.7 Å². The zero-order valence-electron chi connectivity index (χ0n) is 12.5. The molecule has 0 spiro atoms. The van der Waals surface area contributed by atoms with Crippen molar-refractivity contribution in [1.29, 1.82) is 0 Å². The molecule has 2 aliphatic rings. The molecule has 2 fully saturated rings. The third-order valence-corrected chi connectivity index (χ3v) is 4.73. The van der Waals surface area contributed by atoms with Crippen molar-refractivity contribution < 1.29 is 0 Å². The van der Waals surface area contributed by atoms with Crippen molar-refractivity contribution in [3.05, 3.63) is 22.2 Å². The largest absolute Gasteiger partial charge is 0.367 e. The molecule has 2 atom stereocenters. The lowest BCUT2D eigenvalue weighted by Gasteiger charge is -2.35. The average Bonchev–Trinajstić information content (AvgIpc) is 3.22. The molecule has 0 saturated heterocycles. The molecule has 2 saturated carbocycles. The molecule has 2 N–H and O–H groups in total. The van der Waals surface area contributed by atoms with Crippen LogP contribution in [0.2, 0.25) is 0 Å². The maximum atomic E-state index is 11.8. The van der Waals surface area contributed by atoms with E-state index in [-0.39, 0.29) is 5.56 Å². The zero-order valence-corrected chi connectivity index (χ0v) is 12.5. The Morgan fingerprint density at radius 3 is 2.70 bits per heavy atom. The minimum Gasteiger partial charge on any atom is -0.367 e. The van der Waals surface area contributed by atoms with Crippen LogP contribution in [0.1, 0.15) is 64.1 Å². The summed E-state index contributed by atoms with van der Waals surface area (Å²) in [6.07, 6.45) is 7.40. The minimum atomic E-state index is -0.0266. The molecule has 3 rings (SSSR count). The quantitative estimate of drug-likeness (QED) is 0.886. The lowest BCUT2D eigenvalue weighted by molar-refractivity contribution is 0.253. The van der Waals surface area contributed by atoms with Gasteiger partial charge in [0, 0.05) is 18.0 Å². The molecule has 0 aliphatic heterocycles. The number of rotatable bonds is 4. The van der Waals surface area contributed by atoms with E-state index < -0.39 is 0 Å². The summed E-state index contributed by atoms with van der Waals surface area (Å²) < 4.78 is 0. The highest BCUT2D eigenvalue weighted by Crippen LogP contribution is 2.38. The van der Waals surface area contributed by atoms with E-state index in [1.807, 2.05) is 0 Å². The maximum Gasteiger partial charge on any atom is 0.252 e. The van der Waals surface area contributed by atoms with E-state index in [0.29, 0.717) is 23.8 Å². The summed E-state index contributed by atoms with van der Waals surface area (Å²) >= 11 is 0. The molecule has 2 unspecified atom stereocenters. The van der Waals surface area contributed by atoms with E-state index in [1.54, 1.807) is 6.07 Å². The molecular formula is C16H25N3O. The molecule has 0 bridgehead atoms. The van der Waals surface area contributed by atoms with Crippen LogP contribution in [-0.4, -0.2) is 16.0 Å². The second-order valence-corrected chi connectivity index (χ2v) is 6.73. The Bertz CT molecular complexity index is 519. The number of aromatic amines is 1. The number of hydrogen-bond donors (Lipinski definition) is 2. The molecule has 1 heterocycles. The van der Waals surface area contributed by atoms with Crippen LogP contribution in [-0.2, 0) is 0 Å². The van der Waals surface area contributed by atoms with Gasteiger partial charge in [-0.2, -0.15) is 0 Å². The summed E-state index contributed by atoms with van der Waals surface area (Å²) in [7, 11) is 0. The Morgan fingerprint density at radius 2 is 2.00 bits per heavy atom. The normalized spacial score (nSPS) is 26.8. The SMILES string of the molecule is CC(C)C1CCCCC1Nc1cc(=O)[nH]c(C2CC2)n1. The van der Waals surface area contributed by atoms with Gasteiger partial charge in [-0.25, -0.2) is 4.98 Å². The highest BCUT2D eigenvalue weighted by Gasteiger charge is 2.29. The van der Waals surface area contributed by atoms with Crippen molar-refractivity contribution in [3.63, 3.8) is 0 Å². The van der Waals surface area contributed by atoms with Gasteiger partial charge in [0.25, 0.3) is 5.56 Å². The van der Waals surface area contributed by atoms with Crippen molar-refractivity contribution in [2.75, 3.05) is 5.32 Å². The maximum absolute atomic E-state index is 11.8. The van der Waals surface area contributed by atoms with E-state index >= 15 is 0 Å². The van der Waals surface area contributed by atoms with Gasteiger partial charge in [0.1, 0.15) is 11.6 Å². The number of hydrogen-bond acceptors (Lipinski definition) is 3. The van der Waals surface area contributed by atoms with Crippen LogP contribution in [0.5, 0.6) is 0 Å². The number of nitrogens with zero attached hydrogens (tertiary/aromatic N) is 1. The molecule has 0 aromatic carbocycles. The Labute approximate surface area is 120 Å². The molecule has 0 radical (unpaired) electrons. The van der Waals surface area contributed by atoms with Gasteiger partial charge in [0.15, 0.2) is 0 Å². The topological polar surface area (TPSA) is 57.8 Å². The predicted octanol–water partition coefficient (Wildman–Crippen LogP) is 3.27. The smallest absolute Gasteiger partial charge is 0.252 e. The monoisotopic (exact) mass is 275 g/mol. The van der Waals surface area contributed by atoms with Crippen LogP contribution in [0, 0.1) is 11.8 Å². The molecule has 1 aromatic rings. The van der Waals surface area contributed by atoms with Crippen molar-refractivity contribution in [3.8, 4) is 0 Å². The number of H-pyrrole nitrogens is 1. The minimum absolute atomic E-state index is 0.0266. The van der Waals surface area contributed by atoms with Crippen LogP contribution >= 0.6 is 0 Å². The van der Waals surface area contributed by atoms with Crippen LogP contribution in [0.4, 0.5) is 5.82 Å². The van der Waals surface area contributed by atoms with Gasteiger partial charge >= 0.3 is 0 Å². The molecule has 0 amide bonds. The summed E-state index contributed by atoms with van der Waals surface area (Å²) in [6.45, 7) is 4.59. The van der Waals surface area contributed by atoms with Crippen LogP contribution in [0.25, 0.3) is 0 Å². The van der Waals surface area contributed by atoms with Gasteiger partial charge in [-0.1, -0.05) is 26.7 Å².